The molecule has 0 aromatic rings. The molecule has 0 N–H and O–H groups in total. The summed E-state index contributed by atoms with van der Waals surface area (Å²) in [5, 5.41) is 0. The zero-order valence-electron chi connectivity index (χ0n) is 7.01. The van der Waals surface area contributed by atoms with E-state index in [0.717, 1.165) is 4.35 Å². The zero-order valence-corrected chi connectivity index (χ0v) is 8.41. The standard InChI is InChI=1S/C8H11NO.V/c1-5-9-7(3)6(2)8(4)10;/h2H2,1,3-4H3;. The van der Waals surface area contributed by atoms with Crippen LogP contribution >= 0.6 is 0 Å². The van der Waals surface area contributed by atoms with Crippen molar-refractivity contribution in [2.75, 3.05) is 0 Å². The van der Waals surface area contributed by atoms with Gasteiger partial charge in [0.15, 0.2) is 0 Å². The molecule has 0 amide bonds. The second-order valence-electron chi connectivity index (χ2n) is 2.28. The summed E-state index contributed by atoms with van der Waals surface area (Å²) in [5.74, 6) is -0.0278. The van der Waals surface area contributed by atoms with Gasteiger partial charge in [0.2, 0.25) is 0 Å². The molecule has 0 atom stereocenters. The van der Waals surface area contributed by atoms with Crippen LogP contribution in [0.4, 0.5) is 0 Å². The van der Waals surface area contributed by atoms with E-state index in [1.807, 2.05) is 6.92 Å². The Balaban J connectivity index is 4.49. The number of nitrogens with zero attached hydrogens (tertiary/aromatic N) is 1. The van der Waals surface area contributed by atoms with Gasteiger partial charge in [-0.2, -0.15) is 0 Å². The van der Waals surface area contributed by atoms with E-state index in [0.29, 0.717) is 11.3 Å². The molecule has 0 spiro atoms. The van der Waals surface area contributed by atoms with Crippen LogP contribution < -0.4 is 0 Å². The van der Waals surface area contributed by atoms with E-state index in [1.54, 1.807) is 6.92 Å². The maximum atomic E-state index is 10.8. The first-order chi connectivity index (χ1) is 4.95. The van der Waals surface area contributed by atoms with E-state index in [2.05, 4.69) is 28.6 Å². The van der Waals surface area contributed by atoms with Gasteiger partial charge in [-0.15, -0.1) is 0 Å². The predicted octanol–water partition coefficient (Wildman–Crippen LogP) is 1.29. The monoisotopic (exact) mass is 188 g/mol. The van der Waals surface area contributed by atoms with E-state index < -0.39 is 0 Å². The van der Waals surface area contributed by atoms with Gasteiger partial charge in [0.25, 0.3) is 0 Å². The number of Topliss-reactive ketones (excluding diaryl/α,β-unsaturated/α-hetero) is 1. The Hall–Kier alpha value is -0.466. The van der Waals surface area contributed by atoms with Gasteiger partial charge in [0.1, 0.15) is 0 Å². The Morgan fingerprint density at radius 3 is 2.09 bits per heavy atom. The van der Waals surface area contributed by atoms with Crippen molar-refractivity contribution in [3.05, 3.63) is 12.2 Å². The molecule has 0 radical (unpaired) electrons. The number of allylic oxidation sites excluding steroid dienone is 1. The summed E-state index contributed by atoms with van der Waals surface area (Å²) in [5.41, 5.74) is 1.17. The van der Waals surface area contributed by atoms with Crippen LogP contribution in [0.2, 0.25) is 0 Å². The Bertz CT molecular complexity index is 240. The fourth-order valence-electron chi connectivity index (χ4n) is 0.565. The Kier molecular flexibility index (Phi) is 4.23. The summed E-state index contributed by atoms with van der Waals surface area (Å²) >= 11 is 2.31. The van der Waals surface area contributed by atoms with E-state index in [4.69, 9.17) is 0 Å². The Morgan fingerprint density at radius 1 is 1.36 bits per heavy atom. The first kappa shape index (κ1) is 10.5. The Labute approximate surface area is 75.9 Å². The molecule has 0 aliphatic rings. The average molecular weight is 188 g/mol. The molecule has 0 aromatic heterocycles. The summed E-state index contributed by atoms with van der Waals surface area (Å²) in [6.45, 7) is 8.73. The topological polar surface area (TPSA) is 29.4 Å². The van der Waals surface area contributed by atoms with Crippen molar-refractivity contribution in [2.24, 2.45) is 4.99 Å². The van der Waals surface area contributed by atoms with E-state index in [1.165, 1.54) is 6.92 Å². The van der Waals surface area contributed by atoms with Crippen LogP contribution in [0.5, 0.6) is 0 Å². The summed E-state index contributed by atoms with van der Waals surface area (Å²) in [4.78, 5) is 14.9. The fraction of sp³-hybridized carbons (Fsp3) is 0.375. The molecular formula is C8H11NOV. The van der Waals surface area contributed by atoms with Gasteiger partial charge in [-0.1, -0.05) is 0 Å². The number of hydrogen-bond acceptors (Lipinski definition) is 2. The second kappa shape index (κ2) is 4.42. The van der Waals surface area contributed by atoms with E-state index in [-0.39, 0.29) is 5.78 Å². The predicted molar refractivity (Wildman–Crippen MR) is 43.6 cm³/mol. The van der Waals surface area contributed by atoms with Crippen molar-refractivity contribution in [1.29, 1.82) is 0 Å². The molecular weight excluding hydrogens is 177 g/mol. The third-order valence-electron chi connectivity index (χ3n) is 1.19. The summed E-state index contributed by atoms with van der Waals surface area (Å²) in [7, 11) is 0. The summed E-state index contributed by atoms with van der Waals surface area (Å²) in [6.07, 6.45) is 0. The van der Waals surface area contributed by atoms with Crippen LogP contribution in [0.3, 0.4) is 0 Å². The number of carbonyl (C=O) groups excluding carboxylic acids is 1. The molecule has 0 unspecified atom stereocenters. The molecule has 0 rings (SSSR count). The Morgan fingerprint density at radius 2 is 1.82 bits per heavy atom. The van der Waals surface area contributed by atoms with Crippen LogP contribution in [-0.2, 0) is 21.8 Å². The van der Waals surface area contributed by atoms with Gasteiger partial charge >= 0.3 is 75.5 Å². The molecule has 59 valence electrons. The number of hydrogen-bond donors (Lipinski definition) is 0. The first-order valence-electron chi connectivity index (χ1n) is 3.23. The van der Waals surface area contributed by atoms with Crippen LogP contribution in [-0.4, -0.2) is 15.8 Å². The SMILES string of the molecule is C=C(C(C)=O)C(C)=N[C](C)=[V]. The van der Waals surface area contributed by atoms with Crippen molar-refractivity contribution in [3.63, 3.8) is 0 Å². The van der Waals surface area contributed by atoms with Crippen LogP contribution in [0.1, 0.15) is 20.8 Å². The molecule has 0 aromatic carbocycles. The molecule has 0 aliphatic heterocycles. The van der Waals surface area contributed by atoms with Crippen molar-refractivity contribution in [1.82, 2.24) is 0 Å². The fourth-order valence-corrected chi connectivity index (χ4v) is 0.799. The minimum absolute atomic E-state index is 0.0278. The van der Waals surface area contributed by atoms with Crippen LogP contribution in [0.15, 0.2) is 17.1 Å². The molecule has 0 saturated heterocycles. The molecule has 0 aliphatic carbocycles. The molecule has 3 heteroatoms. The maximum absolute atomic E-state index is 10.8. The molecule has 11 heavy (non-hydrogen) atoms. The zero-order chi connectivity index (χ0) is 9.02. The molecule has 0 bridgehead atoms. The van der Waals surface area contributed by atoms with Gasteiger partial charge in [-0.05, 0) is 0 Å². The van der Waals surface area contributed by atoms with Crippen molar-refractivity contribution in [2.45, 2.75) is 20.8 Å². The number of aliphatic imine (C=N–C) groups is 1. The summed E-state index contributed by atoms with van der Waals surface area (Å²) < 4.78 is 0.873. The van der Waals surface area contributed by atoms with Crippen molar-refractivity contribution < 1.29 is 21.8 Å². The first-order valence-corrected chi connectivity index (χ1v) is 3.93. The third kappa shape index (κ3) is 4.07. The molecule has 0 heterocycles. The average Bonchev–Trinajstić information content (AvgIpc) is 1.84. The third-order valence-corrected chi connectivity index (χ3v) is 1.35. The normalized spacial score (nSPS) is 10.9. The van der Waals surface area contributed by atoms with Gasteiger partial charge in [0, 0.05) is 0 Å². The van der Waals surface area contributed by atoms with Crippen LogP contribution in [0.25, 0.3) is 0 Å². The number of ketones is 1. The van der Waals surface area contributed by atoms with Gasteiger partial charge in [0.05, 0.1) is 0 Å². The van der Waals surface area contributed by atoms with Gasteiger partial charge < -0.3 is 0 Å². The molecule has 0 saturated carbocycles. The molecule has 0 fully saturated rings. The van der Waals surface area contributed by atoms with Gasteiger partial charge in [-0.25, -0.2) is 0 Å². The second-order valence-corrected chi connectivity index (χ2v) is 3.29. The van der Waals surface area contributed by atoms with Gasteiger partial charge in [-0.3, -0.25) is 0 Å². The summed E-state index contributed by atoms with van der Waals surface area (Å²) in [6, 6.07) is 0. The van der Waals surface area contributed by atoms with Crippen molar-refractivity contribution >= 4 is 15.8 Å². The quantitative estimate of drug-likeness (QED) is 0.484. The van der Waals surface area contributed by atoms with Crippen molar-refractivity contribution in [3.8, 4) is 0 Å². The van der Waals surface area contributed by atoms with E-state index in [9.17, 15) is 4.79 Å². The number of carbonyl (C=O) groups is 1. The number of rotatable bonds is 3. The molecule has 2 nitrogen and oxygen atoms in total. The van der Waals surface area contributed by atoms with E-state index >= 15 is 0 Å². The van der Waals surface area contributed by atoms with Crippen LogP contribution in [0, 0.1) is 0 Å². The minimum atomic E-state index is -0.0278.